The summed E-state index contributed by atoms with van der Waals surface area (Å²) in [7, 11) is 0. The summed E-state index contributed by atoms with van der Waals surface area (Å²) in [6.07, 6.45) is 2.96. The molecule has 2 rings (SSSR count). The van der Waals surface area contributed by atoms with Gasteiger partial charge in [0.1, 0.15) is 0 Å². The van der Waals surface area contributed by atoms with E-state index in [0.717, 1.165) is 11.4 Å². The first-order chi connectivity index (χ1) is 9.00. The molecule has 0 radical (unpaired) electrons. The van der Waals surface area contributed by atoms with Gasteiger partial charge in [0.2, 0.25) is 5.91 Å². The Morgan fingerprint density at radius 2 is 2.26 bits per heavy atom. The van der Waals surface area contributed by atoms with Crippen LogP contribution < -0.4 is 0 Å². The van der Waals surface area contributed by atoms with Crippen LogP contribution in [-0.2, 0) is 16.0 Å². The summed E-state index contributed by atoms with van der Waals surface area (Å²) in [6, 6.07) is 0.0857. The Labute approximate surface area is 116 Å². The van der Waals surface area contributed by atoms with E-state index in [0.29, 0.717) is 13.0 Å². The van der Waals surface area contributed by atoms with Crippen molar-refractivity contribution in [1.82, 2.24) is 9.88 Å². The number of rotatable bonds is 6. The number of hydrogen-bond donors (Lipinski definition) is 1. The summed E-state index contributed by atoms with van der Waals surface area (Å²) < 4.78 is 0. The van der Waals surface area contributed by atoms with E-state index < -0.39 is 11.9 Å². The highest BCUT2D eigenvalue weighted by Gasteiger charge is 2.50. The number of aromatic nitrogens is 1. The molecule has 5 nitrogen and oxygen atoms in total. The van der Waals surface area contributed by atoms with Crippen LogP contribution in [-0.4, -0.2) is 39.5 Å². The number of hydrogen-bond acceptors (Lipinski definition) is 4. The SMILES string of the molecule is CC(C)N(CCc1nccs1)C(=O)C1CC1C(=O)O. The minimum absolute atomic E-state index is 0.0287. The van der Waals surface area contributed by atoms with Gasteiger partial charge in [0, 0.05) is 30.6 Å². The predicted octanol–water partition coefficient (Wildman–Crippen LogP) is 1.64. The van der Waals surface area contributed by atoms with Crippen molar-refractivity contribution >= 4 is 23.2 Å². The van der Waals surface area contributed by atoms with Gasteiger partial charge in [-0.15, -0.1) is 11.3 Å². The summed E-state index contributed by atoms with van der Waals surface area (Å²) in [5.74, 6) is -1.69. The summed E-state index contributed by atoms with van der Waals surface area (Å²) >= 11 is 1.57. The van der Waals surface area contributed by atoms with Crippen molar-refractivity contribution in [3.05, 3.63) is 16.6 Å². The number of amides is 1. The molecule has 19 heavy (non-hydrogen) atoms. The Morgan fingerprint density at radius 1 is 1.53 bits per heavy atom. The van der Waals surface area contributed by atoms with Gasteiger partial charge in [0.15, 0.2) is 0 Å². The average molecular weight is 282 g/mol. The second-order valence-electron chi connectivity index (χ2n) is 5.09. The van der Waals surface area contributed by atoms with Crippen molar-refractivity contribution in [1.29, 1.82) is 0 Å². The maximum atomic E-state index is 12.3. The first-order valence-corrected chi connectivity index (χ1v) is 7.30. The minimum Gasteiger partial charge on any atom is -0.481 e. The van der Waals surface area contributed by atoms with E-state index in [2.05, 4.69) is 4.98 Å². The third-order valence-corrected chi connectivity index (χ3v) is 4.22. The Kier molecular flexibility index (Phi) is 4.19. The highest BCUT2D eigenvalue weighted by atomic mass is 32.1. The fourth-order valence-electron chi connectivity index (χ4n) is 2.17. The van der Waals surface area contributed by atoms with Crippen LogP contribution in [0.4, 0.5) is 0 Å². The quantitative estimate of drug-likeness (QED) is 0.861. The lowest BCUT2D eigenvalue weighted by Gasteiger charge is -2.26. The van der Waals surface area contributed by atoms with E-state index in [9.17, 15) is 9.59 Å². The number of carboxylic acids is 1. The standard InChI is InChI=1S/C13H18N2O3S/c1-8(2)15(5-3-11-14-4-6-19-11)12(16)9-7-10(9)13(17)18/h4,6,8-10H,3,5,7H2,1-2H3,(H,17,18). The molecule has 0 aliphatic heterocycles. The van der Waals surface area contributed by atoms with Crippen LogP contribution in [0.3, 0.4) is 0 Å². The Bertz CT molecular complexity index is 458. The maximum absolute atomic E-state index is 12.3. The monoisotopic (exact) mass is 282 g/mol. The molecule has 0 saturated heterocycles. The topological polar surface area (TPSA) is 70.5 Å². The van der Waals surface area contributed by atoms with Crippen molar-refractivity contribution in [3.8, 4) is 0 Å². The van der Waals surface area contributed by atoms with Gasteiger partial charge in [-0.25, -0.2) is 4.98 Å². The second kappa shape index (κ2) is 5.69. The van der Waals surface area contributed by atoms with Gasteiger partial charge >= 0.3 is 5.97 Å². The number of nitrogens with zero attached hydrogens (tertiary/aromatic N) is 2. The number of carbonyl (C=O) groups is 2. The molecule has 1 aliphatic rings. The van der Waals surface area contributed by atoms with Gasteiger partial charge in [-0.05, 0) is 20.3 Å². The number of carboxylic acid groups (broad SMARTS) is 1. The van der Waals surface area contributed by atoms with E-state index in [-0.39, 0.29) is 17.9 Å². The van der Waals surface area contributed by atoms with Crippen LogP contribution in [0.5, 0.6) is 0 Å². The van der Waals surface area contributed by atoms with Gasteiger partial charge in [-0.2, -0.15) is 0 Å². The molecule has 1 amide bonds. The lowest BCUT2D eigenvalue weighted by molar-refractivity contribution is -0.142. The lowest BCUT2D eigenvalue weighted by Crippen LogP contribution is -2.40. The predicted molar refractivity (Wildman–Crippen MR) is 71.9 cm³/mol. The summed E-state index contributed by atoms with van der Waals surface area (Å²) in [5.41, 5.74) is 0. The Balaban J connectivity index is 1.93. The third-order valence-electron chi connectivity index (χ3n) is 3.38. The highest BCUT2D eigenvalue weighted by molar-refractivity contribution is 7.09. The number of carbonyl (C=O) groups excluding carboxylic acids is 1. The van der Waals surface area contributed by atoms with Gasteiger partial charge in [0.25, 0.3) is 0 Å². The van der Waals surface area contributed by atoms with Crippen LogP contribution in [0.1, 0.15) is 25.3 Å². The first kappa shape index (κ1) is 14.0. The summed E-state index contributed by atoms with van der Waals surface area (Å²) in [4.78, 5) is 29.1. The zero-order valence-electron chi connectivity index (χ0n) is 11.1. The largest absolute Gasteiger partial charge is 0.481 e. The molecule has 1 heterocycles. The highest BCUT2D eigenvalue weighted by Crippen LogP contribution is 2.40. The van der Waals surface area contributed by atoms with E-state index >= 15 is 0 Å². The molecule has 0 aromatic carbocycles. The third kappa shape index (κ3) is 3.32. The average Bonchev–Trinajstić information content (AvgIpc) is 2.99. The summed E-state index contributed by atoms with van der Waals surface area (Å²) in [6.45, 7) is 4.52. The molecule has 1 fully saturated rings. The molecule has 2 unspecified atom stereocenters. The molecule has 1 N–H and O–H groups in total. The van der Waals surface area contributed by atoms with Crippen molar-refractivity contribution in [2.24, 2.45) is 11.8 Å². The number of thiazole rings is 1. The van der Waals surface area contributed by atoms with E-state index in [4.69, 9.17) is 5.11 Å². The Hall–Kier alpha value is -1.43. The zero-order chi connectivity index (χ0) is 14.0. The molecule has 104 valence electrons. The molecule has 1 aromatic rings. The van der Waals surface area contributed by atoms with Crippen molar-refractivity contribution in [3.63, 3.8) is 0 Å². The fourth-order valence-corrected chi connectivity index (χ4v) is 2.78. The van der Waals surface area contributed by atoms with E-state index in [1.807, 2.05) is 19.2 Å². The van der Waals surface area contributed by atoms with Crippen LogP contribution in [0.25, 0.3) is 0 Å². The van der Waals surface area contributed by atoms with Crippen molar-refractivity contribution < 1.29 is 14.7 Å². The molecule has 1 saturated carbocycles. The van der Waals surface area contributed by atoms with Gasteiger partial charge < -0.3 is 10.0 Å². The molecule has 0 spiro atoms. The molecule has 2 atom stereocenters. The van der Waals surface area contributed by atoms with Crippen LogP contribution >= 0.6 is 11.3 Å². The molecule has 1 aromatic heterocycles. The van der Waals surface area contributed by atoms with E-state index in [1.54, 1.807) is 22.4 Å². The van der Waals surface area contributed by atoms with Gasteiger partial charge in [-0.3, -0.25) is 9.59 Å². The molecule has 0 bridgehead atoms. The normalized spacial score (nSPS) is 21.4. The van der Waals surface area contributed by atoms with Crippen molar-refractivity contribution in [2.45, 2.75) is 32.7 Å². The second-order valence-corrected chi connectivity index (χ2v) is 6.07. The van der Waals surface area contributed by atoms with Crippen LogP contribution in [0, 0.1) is 11.8 Å². The molecule has 6 heteroatoms. The summed E-state index contributed by atoms with van der Waals surface area (Å²) in [5, 5.41) is 11.8. The van der Waals surface area contributed by atoms with Crippen molar-refractivity contribution in [2.75, 3.05) is 6.54 Å². The first-order valence-electron chi connectivity index (χ1n) is 6.42. The molecule has 1 aliphatic carbocycles. The minimum atomic E-state index is -0.859. The Morgan fingerprint density at radius 3 is 2.74 bits per heavy atom. The zero-order valence-corrected chi connectivity index (χ0v) is 11.9. The number of aliphatic carboxylic acids is 1. The molecular formula is C13H18N2O3S. The lowest BCUT2D eigenvalue weighted by atomic mass is 10.2. The van der Waals surface area contributed by atoms with Crippen LogP contribution in [0.2, 0.25) is 0 Å². The molecular weight excluding hydrogens is 264 g/mol. The van der Waals surface area contributed by atoms with Gasteiger partial charge in [0.05, 0.1) is 16.8 Å². The van der Waals surface area contributed by atoms with Gasteiger partial charge in [-0.1, -0.05) is 0 Å². The fraction of sp³-hybridized carbons (Fsp3) is 0.615. The smallest absolute Gasteiger partial charge is 0.307 e. The maximum Gasteiger partial charge on any atom is 0.307 e. The van der Waals surface area contributed by atoms with Crippen LogP contribution in [0.15, 0.2) is 11.6 Å². The van der Waals surface area contributed by atoms with E-state index in [1.165, 1.54) is 0 Å².